The van der Waals surface area contributed by atoms with Crippen molar-refractivity contribution < 1.29 is 24.5 Å². The second-order valence-corrected chi connectivity index (χ2v) is 12.9. The summed E-state index contributed by atoms with van der Waals surface area (Å²) in [5, 5.41) is 36.3. The van der Waals surface area contributed by atoms with Crippen molar-refractivity contribution in [1.82, 2.24) is 5.32 Å². The van der Waals surface area contributed by atoms with Crippen molar-refractivity contribution in [3.63, 3.8) is 0 Å². The van der Waals surface area contributed by atoms with Gasteiger partial charge in [-0.25, -0.2) is 0 Å². The molecule has 6 nitrogen and oxygen atoms in total. The van der Waals surface area contributed by atoms with Crippen LogP contribution in [0.25, 0.3) is 0 Å². The van der Waals surface area contributed by atoms with E-state index in [-0.39, 0.29) is 41.0 Å². The summed E-state index contributed by atoms with van der Waals surface area (Å²) < 4.78 is 5.30. The summed E-state index contributed by atoms with van der Waals surface area (Å²) >= 11 is 0. The fourth-order valence-electron chi connectivity index (χ4n) is 9.38. The SMILES string of the molecule is C[C@H](CCC(=O)NCc1ccco1)[C@H]1CC[C@H]2[C@@H]3[C@H](O)C[C@@H]4C[C@H](O)CC[C@]4(C)[C@H]3C[C@H](O)[C@]12C. The number of carbonyl (C=O) groups is 1. The molecule has 0 unspecified atom stereocenters. The van der Waals surface area contributed by atoms with E-state index < -0.39 is 0 Å². The Morgan fingerprint density at radius 2 is 1.94 bits per heavy atom. The molecule has 0 aliphatic heterocycles. The number of nitrogens with one attached hydrogen (secondary N) is 1. The van der Waals surface area contributed by atoms with Crippen LogP contribution in [0.15, 0.2) is 22.8 Å². The summed E-state index contributed by atoms with van der Waals surface area (Å²) in [6.45, 7) is 7.31. The first-order valence-electron chi connectivity index (χ1n) is 14.0. The summed E-state index contributed by atoms with van der Waals surface area (Å²) in [6.07, 6.45) is 8.19. The molecular weight excluding hydrogens is 442 g/mol. The largest absolute Gasteiger partial charge is 0.467 e. The van der Waals surface area contributed by atoms with Crippen molar-refractivity contribution >= 4 is 5.91 Å². The van der Waals surface area contributed by atoms with E-state index in [9.17, 15) is 20.1 Å². The molecule has 4 saturated carbocycles. The predicted molar refractivity (Wildman–Crippen MR) is 133 cm³/mol. The fourth-order valence-corrected chi connectivity index (χ4v) is 9.38. The van der Waals surface area contributed by atoms with Gasteiger partial charge in [0.05, 0.1) is 31.1 Å². The van der Waals surface area contributed by atoms with E-state index >= 15 is 0 Å². The number of hydrogen-bond donors (Lipinski definition) is 4. The molecule has 0 aromatic carbocycles. The zero-order chi connectivity index (χ0) is 25.0. The molecule has 1 heterocycles. The van der Waals surface area contributed by atoms with Gasteiger partial charge in [0.25, 0.3) is 0 Å². The Hall–Kier alpha value is -1.37. The molecule has 4 aliphatic rings. The number of amides is 1. The van der Waals surface area contributed by atoms with Crippen molar-refractivity contribution in [1.29, 1.82) is 0 Å². The second kappa shape index (κ2) is 9.50. The quantitative estimate of drug-likeness (QED) is 0.480. The molecule has 196 valence electrons. The topological polar surface area (TPSA) is 103 Å². The Morgan fingerprint density at radius 1 is 1.14 bits per heavy atom. The first-order chi connectivity index (χ1) is 16.6. The van der Waals surface area contributed by atoms with Gasteiger partial charge >= 0.3 is 0 Å². The second-order valence-electron chi connectivity index (χ2n) is 12.9. The lowest BCUT2D eigenvalue weighted by Gasteiger charge is -2.63. The minimum Gasteiger partial charge on any atom is -0.467 e. The third-order valence-corrected chi connectivity index (χ3v) is 11.4. The highest BCUT2D eigenvalue weighted by Gasteiger charge is 2.65. The maximum absolute atomic E-state index is 12.5. The fraction of sp³-hybridized carbons (Fsp3) is 0.828. The molecular formula is C29H45NO5. The van der Waals surface area contributed by atoms with E-state index in [0.29, 0.717) is 42.6 Å². The first-order valence-corrected chi connectivity index (χ1v) is 14.0. The molecule has 35 heavy (non-hydrogen) atoms. The molecule has 5 rings (SSSR count). The van der Waals surface area contributed by atoms with Crippen LogP contribution in [0.5, 0.6) is 0 Å². The molecule has 0 spiro atoms. The molecule has 4 fully saturated rings. The van der Waals surface area contributed by atoms with Crippen LogP contribution in [0.3, 0.4) is 0 Å². The molecule has 0 bridgehead atoms. The molecule has 4 aliphatic carbocycles. The van der Waals surface area contributed by atoms with Gasteiger partial charge in [-0.15, -0.1) is 0 Å². The van der Waals surface area contributed by atoms with Crippen LogP contribution in [-0.4, -0.2) is 39.5 Å². The van der Waals surface area contributed by atoms with Crippen LogP contribution >= 0.6 is 0 Å². The van der Waals surface area contributed by atoms with Gasteiger partial charge in [-0.1, -0.05) is 20.8 Å². The zero-order valence-electron chi connectivity index (χ0n) is 21.7. The molecule has 1 aromatic heterocycles. The minimum absolute atomic E-state index is 0.0402. The van der Waals surface area contributed by atoms with E-state index in [4.69, 9.17) is 4.42 Å². The molecule has 1 amide bonds. The standard InChI is InChI=1S/C29H45NO5/c1-17(6-9-26(34)30-16-20-5-4-12-35-20)21-7-8-22-27-23(15-25(33)29(21,22)3)28(2)11-10-19(31)13-18(28)14-24(27)32/h4-5,12,17-19,21-25,27,31-33H,6-11,13-16H2,1-3H3,(H,30,34)/t17-,18+,19-,21-,22+,23+,24-,25+,27+,28+,29-/m1/s1. The number of aliphatic hydroxyl groups is 3. The zero-order valence-corrected chi connectivity index (χ0v) is 21.7. The van der Waals surface area contributed by atoms with Gasteiger partial charge in [-0.05, 0) is 110 Å². The summed E-state index contributed by atoms with van der Waals surface area (Å²) in [6, 6.07) is 3.68. The Kier molecular flexibility index (Phi) is 6.86. The molecule has 4 N–H and O–H groups in total. The summed E-state index contributed by atoms with van der Waals surface area (Å²) in [5.41, 5.74) is -0.120. The Balaban J connectivity index is 1.26. The first kappa shape index (κ1) is 25.3. The number of rotatable bonds is 6. The van der Waals surface area contributed by atoms with Crippen molar-refractivity contribution in [2.45, 2.75) is 103 Å². The lowest BCUT2D eigenvalue weighted by Crippen LogP contribution is -2.62. The van der Waals surface area contributed by atoms with Crippen LogP contribution in [0.2, 0.25) is 0 Å². The molecule has 0 radical (unpaired) electrons. The Morgan fingerprint density at radius 3 is 2.69 bits per heavy atom. The lowest BCUT2D eigenvalue weighted by atomic mass is 9.43. The van der Waals surface area contributed by atoms with Crippen LogP contribution in [0, 0.1) is 46.3 Å². The third kappa shape index (κ3) is 4.27. The van der Waals surface area contributed by atoms with Crippen LogP contribution in [-0.2, 0) is 11.3 Å². The van der Waals surface area contributed by atoms with Crippen LogP contribution < -0.4 is 5.32 Å². The van der Waals surface area contributed by atoms with Crippen molar-refractivity contribution in [2.24, 2.45) is 46.3 Å². The highest BCUT2D eigenvalue weighted by molar-refractivity contribution is 5.75. The van der Waals surface area contributed by atoms with E-state index in [1.54, 1.807) is 6.26 Å². The predicted octanol–water partition coefficient (Wildman–Crippen LogP) is 4.27. The third-order valence-electron chi connectivity index (χ3n) is 11.4. The summed E-state index contributed by atoms with van der Waals surface area (Å²) in [7, 11) is 0. The number of hydrogen-bond acceptors (Lipinski definition) is 5. The van der Waals surface area contributed by atoms with Gasteiger partial charge in [0.2, 0.25) is 5.91 Å². The Bertz CT molecular complexity index is 888. The molecule has 1 aromatic rings. The van der Waals surface area contributed by atoms with E-state index in [1.165, 1.54) is 0 Å². The van der Waals surface area contributed by atoms with Crippen molar-refractivity contribution in [3.05, 3.63) is 24.2 Å². The van der Waals surface area contributed by atoms with Crippen LogP contribution in [0.4, 0.5) is 0 Å². The van der Waals surface area contributed by atoms with Crippen LogP contribution in [0.1, 0.15) is 84.3 Å². The number of aliphatic hydroxyl groups excluding tert-OH is 3. The monoisotopic (exact) mass is 487 g/mol. The van der Waals surface area contributed by atoms with E-state index in [2.05, 4.69) is 26.1 Å². The highest BCUT2D eigenvalue weighted by Crippen LogP contribution is 2.68. The molecule has 6 heteroatoms. The normalized spacial score (nSPS) is 45.8. The van der Waals surface area contributed by atoms with Crippen molar-refractivity contribution in [3.8, 4) is 0 Å². The van der Waals surface area contributed by atoms with Gasteiger partial charge in [0.15, 0.2) is 0 Å². The van der Waals surface area contributed by atoms with Crippen molar-refractivity contribution in [2.75, 3.05) is 0 Å². The molecule has 11 atom stereocenters. The number of furan rings is 1. The average molecular weight is 488 g/mol. The van der Waals surface area contributed by atoms with E-state index in [0.717, 1.165) is 57.1 Å². The minimum atomic E-state index is -0.383. The maximum atomic E-state index is 12.5. The lowest BCUT2D eigenvalue weighted by molar-refractivity contribution is -0.207. The van der Waals surface area contributed by atoms with Gasteiger partial charge in [0.1, 0.15) is 5.76 Å². The van der Waals surface area contributed by atoms with Gasteiger partial charge in [-0.2, -0.15) is 0 Å². The maximum Gasteiger partial charge on any atom is 0.220 e. The highest BCUT2D eigenvalue weighted by atomic mass is 16.3. The summed E-state index contributed by atoms with van der Waals surface area (Å²) in [5.74, 6) is 2.69. The summed E-state index contributed by atoms with van der Waals surface area (Å²) in [4.78, 5) is 12.5. The van der Waals surface area contributed by atoms with Gasteiger partial charge in [-0.3, -0.25) is 4.79 Å². The number of fused-ring (bicyclic) bond motifs is 5. The number of carbonyl (C=O) groups excluding carboxylic acids is 1. The average Bonchev–Trinajstić information content (AvgIpc) is 3.46. The van der Waals surface area contributed by atoms with Gasteiger partial charge in [0, 0.05) is 6.42 Å². The Labute approximate surface area is 209 Å². The van der Waals surface area contributed by atoms with E-state index in [1.807, 2.05) is 12.1 Å². The van der Waals surface area contributed by atoms with Gasteiger partial charge < -0.3 is 25.1 Å². The smallest absolute Gasteiger partial charge is 0.220 e. The molecule has 0 saturated heterocycles.